The summed E-state index contributed by atoms with van der Waals surface area (Å²) in [7, 11) is 0. The topological polar surface area (TPSA) is 77.5 Å². The highest BCUT2D eigenvalue weighted by molar-refractivity contribution is 6.10. The number of hydrogen-bond donors (Lipinski definition) is 2. The summed E-state index contributed by atoms with van der Waals surface area (Å²) < 4.78 is 7.91. The molecule has 138 valence electrons. The normalized spacial score (nSPS) is 24.7. The van der Waals surface area contributed by atoms with Crippen LogP contribution >= 0.6 is 0 Å². The van der Waals surface area contributed by atoms with E-state index in [-0.39, 0.29) is 6.23 Å². The molecule has 0 radical (unpaired) electrons. The Morgan fingerprint density at radius 3 is 3.15 bits per heavy atom. The average Bonchev–Trinajstić information content (AvgIpc) is 3.33. The van der Waals surface area contributed by atoms with Gasteiger partial charge in [0.2, 0.25) is 0 Å². The van der Waals surface area contributed by atoms with Gasteiger partial charge in [-0.25, -0.2) is 4.98 Å². The van der Waals surface area contributed by atoms with Crippen LogP contribution in [0.1, 0.15) is 31.2 Å². The Morgan fingerprint density at radius 2 is 2.38 bits per heavy atom. The first-order chi connectivity index (χ1) is 12.8. The van der Waals surface area contributed by atoms with E-state index in [0.717, 1.165) is 61.3 Å². The molecule has 0 saturated carbocycles. The van der Waals surface area contributed by atoms with E-state index in [4.69, 9.17) is 15.5 Å². The molecule has 4 heterocycles. The maximum Gasteiger partial charge on any atom is 0.148 e. The van der Waals surface area contributed by atoms with Gasteiger partial charge in [0.25, 0.3) is 0 Å². The summed E-state index contributed by atoms with van der Waals surface area (Å²) in [5.74, 6) is 0.689. The molecule has 0 aromatic carbocycles. The molecule has 2 unspecified atom stereocenters. The van der Waals surface area contributed by atoms with Crippen LogP contribution in [0.2, 0.25) is 0 Å². The Balaban J connectivity index is 1.51. The Morgan fingerprint density at radius 1 is 1.42 bits per heavy atom. The van der Waals surface area contributed by atoms with Crippen molar-refractivity contribution < 1.29 is 4.74 Å². The number of fused-ring (bicyclic) bond motifs is 1. The molecule has 2 aromatic heterocycles. The SMILES string of the molecule is NC=C(C=NC1CCCCO1)c1cnc2c(ccn2CC2CCNC2)c1. The first-order valence-corrected chi connectivity index (χ1v) is 9.56. The summed E-state index contributed by atoms with van der Waals surface area (Å²) in [4.78, 5) is 9.25. The minimum absolute atomic E-state index is 0.0449. The first kappa shape index (κ1) is 17.2. The maximum absolute atomic E-state index is 5.84. The summed E-state index contributed by atoms with van der Waals surface area (Å²) in [6.45, 7) is 4.03. The van der Waals surface area contributed by atoms with Crippen LogP contribution < -0.4 is 11.1 Å². The second kappa shape index (κ2) is 8.01. The van der Waals surface area contributed by atoms with Crippen molar-refractivity contribution in [2.24, 2.45) is 16.6 Å². The first-order valence-electron chi connectivity index (χ1n) is 9.56. The van der Waals surface area contributed by atoms with Crippen LogP contribution in [0.15, 0.2) is 35.7 Å². The van der Waals surface area contributed by atoms with Crippen LogP contribution in [0.25, 0.3) is 16.6 Å². The lowest BCUT2D eigenvalue weighted by atomic mass is 10.1. The fourth-order valence-electron chi connectivity index (χ4n) is 3.75. The molecule has 2 aliphatic rings. The minimum Gasteiger partial charge on any atom is -0.404 e. The van der Waals surface area contributed by atoms with E-state index in [0.29, 0.717) is 5.92 Å². The number of nitrogens with two attached hydrogens (primary N) is 1. The number of rotatable bonds is 5. The molecule has 0 spiro atoms. The predicted molar refractivity (Wildman–Crippen MR) is 105 cm³/mol. The fourth-order valence-corrected chi connectivity index (χ4v) is 3.75. The second-order valence-electron chi connectivity index (χ2n) is 7.19. The van der Waals surface area contributed by atoms with Gasteiger partial charge < -0.3 is 20.4 Å². The van der Waals surface area contributed by atoms with E-state index in [1.165, 1.54) is 12.8 Å². The summed E-state index contributed by atoms with van der Waals surface area (Å²) in [5.41, 5.74) is 8.74. The van der Waals surface area contributed by atoms with E-state index >= 15 is 0 Å². The highest BCUT2D eigenvalue weighted by atomic mass is 16.5. The average molecular weight is 353 g/mol. The molecule has 2 saturated heterocycles. The lowest BCUT2D eigenvalue weighted by molar-refractivity contribution is 0.0227. The van der Waals surface area contributed by atoms with Crippen LogP contribution in [-0.2, 0) is 11.3 Å². The second-order valence-corrected chi connectivity index (χ2v) is 7.19. The van der Waals surface area contributed by atoms with Crippen molar-refractivity contribution in [2.45, 2.75) is 38.5 Å². The molecular formula is C20H27N5O. The molecule has 0 aliphatic carbocycles. The Labute approximate surface area is 154 Å². The van der Waals surface area contributed by atoms with Crippen LogP contribution in [0.3, 0.4) is 0 Å². The van der Waals surface area contributed by atoms with Crippen molar-refractivity contribution in [3.05, 3.63) is 36.3 Å². The molecular weight excluding hydrogens is 326 g/mol. The third kappa shape index (κ3) is 3.81. The highest BCUT2D eigenvalue weighted by Gasteiger charge is 2.16. The Kier molecular flexibility index (Phi) is 5.32. The van der Waals surface area contributed by atoms with Crippen molar-refractivity contribution in [3.63, 3.8) is 0 Å². The molecule has 2 aliphatic heterocycles. The molecule has 2 atom stereocenters. The van der Waals surface area contributed by atoms with Crippen molar-refractivity contribution >= 4 is 22.8 Å². The van der Waals surface area contributed by atoms with Gasteiger partial charge in [-0.15, -0.1) is 0 Å². The van der Waals surface area contributed by atoms with Gasteiger partial charge in [0, 0.05) is 54.5 Å². The summed E-state index contributed by atoms with van der Waals surface area (Å²) in [6.07, 6.45) is 11.9. The van der Waals surface area contributed by atoms with Gasteiger partial charge in [-0.05, 0) is 56.8 Å². The lowest BCUT2D eigenvalue weighted by Gasteiger charge is -2.18. The molecule has 4 rings (SSSR count). The number of allylic oxidation sites excluding steroid dienone is 1. The zero-order chi connectivity index (χ0) is 17.8. The minimum atomic E-state index is -0.0449. The molecule has 3 N–H and O–H groups in total. The number of pyridine rings is 1. The fraction of sp³-hybridized carbons (Fsp3) is 0.500. The Hall–Kier alpha value is -2.18. The zero-order valence-electron chi connectivity index (χ0n) is 15.1. The summed E-state index contributed by atoms with van der Waals surface area (Å²) >= 11 is 0. The number of nitrogens with one attached hydrogen (secondary N) is 1. The van der Waals surface area contributed by atoms with E-state index in [1.807, 2.05) is 12.4 Å². The molecule has 2 aromatic rings. The smallest absolute Gasteiger partial charge is 0.148 e. The number of aliphatic imine (C=N–C) groups is 1. The maximum atomic E-state index is 5.84. The van der Waals surface area contributed by atoms with Gasteiger partial charge in [0.05, 0.1) is 0 Å². The van der Waals surface area contributed by atoms with Gasteiger partial charge >= 0.3 is 0 Å². The molecule has 26 heavy (non-hydrogen) atoms. The van der Waals surface area contributed by atoms with Gasteiger partial charge in [0.1, 0.15) is 11.9 Å². The molecule has 2 fully saturated rings. The molecule has 0 amide bonds. The largest absolute Gasteiger partial charge is 0.404 e. The van der Waals surface area contributed by atoms with Crippen molar-refractivity contribution in [2.75, 3.05) is 19.7 Å². The van der Waals surface area contributed by atoms with Gasteiger partial charge in [-0.1, -0.05) is 0 Å². The highest BCUT2D eigenvalue weighted by Crippen LogP contribution is 2.22. The van der Waals surface area contributed by atoms with Crippen LogP contribution in [-0.4, -0.2) is 41.7 Å². The standard InChI is InChI=1S/C20H27N5O/c21-10-18(13-23-19-3-1-2-8-26-19)17-9-16-5-7-25(20(16)24-12-17)14-15-4-6-22-11-15/h5,7,9-10,12-13,15,19,22H,1-4,6,8,11,14,21H2. The number of aromatic nitrogens is 2. The predicted octanol–water partition coefficient (Wildman–Crippen LogP) is 2.54. The van der Waals surface area contributed by atoms with Crippen LogP contribution in [0.4, 0.5) is 0 Å². The van der Waals surface area contributed by atoms with Crippen molar-refractivity contribution in [3.8, 4) is 0 Å². The van der Waals surface area contributed by atoms with Crippen molar-refractivity contribution in [1.29, 1.82) is 0 Å². The zero-order valence-corrected chi connectivity index (χ0v) is 15.1. The quantitative estimate of drug-likeness (QED) is 0.810. The summed E-state index contributed by atoms with van der Waals surface area (Å²) in [6, 6.07) is 4.27. The monoisotopic (exact) mass is 353 g/mol. The number of ether oxygens (including phenoxy) is 1. The van der Waals surface area contributed by atoms with E-state index < -0.39 is 0 Å². The van der Waals surface area contributed by atoms with Gasteiger partial charge in [-0.3, -0.25) is 4.99 Å². The van der Waals surface area contributed by atoms with Crippen molar-refractivity contribution in [1.82, 2.24) is 14.9 Å². The van der Waals surface area contributed by atoms with Crippen LogP contribution in [0.5, 0.6) is 0 Å². The third-order valence-electron chi connectivity index (χ3n) is 5.27. The number of nitrogens with zero attached hydrogens (tertiary/aromatic N) is 3. The van der Waals surface area contributed by atoms with E-state index in [9.17, 15) is 0 Å². The van der Waals surface area contributed by atoms with E-state index in [1.54, 1.807) is 6.20 Å². The third-order valence-corrected chi connectivity index (χ3v) is 5.27. The lowest BCUT2D eigenvalue weighted by Crippen LogP contribution is -2.16. The molecule has 6 nitrogen and oxygen atoms in total. The molecule has 6 heteroatoms. The molecule has 0 bridgehead atoms. The van der Waals surface area contributed by atoms with E-state index in [2.05, 4.69) is 33.2 Å². The van der Waals surface area contributed by atoms with Gasteiger partial charge in [0.15, 0.2) is 0 Å². The summed E-state index contributed by atoms with van der Waals surface area (Å²) in [5, 5.41) is 4.56. The van der Waals surface area contributed by atoms with Gasteiger partial charge in [-0.2, -0.15) is 0 Å². The Bertz CT molecular complexity index is 798. The van der Waals surface area contributed by atoms with Crippen LogP contribution in [0, 0.1) is 5.92 Å². The number of hydrogen-bond acceptors (Lipinski definition) is 5.